The van der Waals surface area contributed by atoms with E-state index in [9.17, 15) is 9.59 Å². The van der Waals surface area contributed by atoms with Crippen LogP contribution in [-0.2, 0) is 16.0 Å². The number of ether oxygens (including phenoxy) is 1. The minimum absolute atomic E-state index is 0.0159. The highest BCUT2D eigenvalue weighted by Crippen LogP contribution is 2.20. The molecular weight excluding hydrogens is 364 g/mol. The van der Waals surface area contributed by atoms with Gasteiger partial charge in [0.05, 0.1) is 0 Å². The Balaban J connectivity index is 2.10. The summed E-state index contributed by atoms with van der Waals surface area (Å²) < 4.78 is 5.80. The maximum Gasteiger partial charge on any atom is 0.261 e. The Morgan fingerprint density at radius 2 is 1.69 bits per heavy atom. The summed E-state index contributed by atoms with van der Waals surface area (Å²) in [5.74, 6) is 0.335. The van der Waals surface area contributed by atoms with E-state index in [2.05, 4.69) is 5.32 Å². The van der Waals surface area contributed by atoms with Crippen molar-refractivity contribution in [1.82, 2.24) is 10.2 Å². The van der Waals surface area contributed by atoms with Crippen LogP contribution < -0.4 is 10.1 Å². The summed E-state index contributed by atoms with van der Waals surface area (Å²) in [6.07, 6.45) is 0.676. The number of carbonyl (C=O) groups is 2. The van der Waals surface area contributed by atoms with E-state index in [0.29, 0.717) is 18.7 Å². The van der Waals surface area contributed by atoms with Gasteiger partial charge in [0, 0.05) is 12.6 Å². The molecule has 2 amide bonds. The molecule has 0 radical (unpaired) electrons. The number of hydrogen-bond acceptors (Lipinski definition) is 3. The van der Waals surface area contributed by atoms with Gasteiger partial charge in [0.2, 0.25) is 5.91 Å². The molecule has 0 aliphatic carbocycles. The molecule has 156 valence electrons. The van der Waals surface area contributed by atoms with Gasteiger partial charge >= 0.3 is 0 Å². The summed E-state index contributed by atoms with van der Waals surface area (Å²) in [6.45, 7) is 9.91. The molecule has 0 saturated heterocycles. The maximum absolute atomic E-state index is 13.0. The van der Waals surface area contributed by atoms with Gasteiger partial charge < -0.3 is 15.0 Å². The SMILES string of the molecule is Cc1cccc(OCC(=O)N(CCc2ccccc2)[C@@H](C)C(=O)NC(C)C)c1C. The summed E-state index contributed by atoms with van der Waals surface area (Å²) in [6, 6.07) is 15.2. The largest absolute Gasteiger partial charge is 0.483 e. The molecule has 0 aliphatic heterocycles. The van der Waals surface area contributed by atoms with Gasteiger partial charge in [-0.05, 0) is 63.8 Å². The molecule has 5 heteroatoms. The topological polar surface area (TPSA) is 58.6 Å². The van der Waals surface area contributed by atoms with Crippen LogP contribution in [0.25, 0.3) is 0 Å². The van der Waals surface area contributed by atoms with Gasteiger partial charge in [-0.1, -0.05) is 42.5 Å². The zero-order valence-corrected chi connectivity index (χ0v) is 18.1. The van der Waals surface area contributed by atoms with Crippen molar-refractivity contribution in [2.75, 3.05) is 13.2 Å². The van der Waals surface area contributed by atoms with Gasteiger partial charge in [0.15, 0.2) is 6.61 Å². The van der Waals surface area contributed by atoms with Gasteiger partial charge in [0.1, 0.15) is 11.8 Å². The second-order valence-electron chi connectivity index (χ2n) is 7.65. The lowest BCUT2D eigenvalue weighted by molar-refractivity contribution is -0.141. The second kappa shape index (κ2) is 10.6. The molecule has 2 aromatic rings. The molecule has 2 aromatic carbocycles. The molecule has 29 heavy (non-hydrogen) atoms. The van der Waals surface area contributed by atoms with Crippen molar-refractivity contribution in [2.24, 2.45) is 0 Å². The summed E-state index contributed by atoms with van der Waals surface area (Å²) in [4.78, 5) is 27.1. The van der Waals surface area contributed by atoms with E-state index < -0.39 is 6.04 Å². The third-order valence-corrected chi connectivity index (χ3v) is 4.99. The summed E-state index contributed by atoms with van der Waals surface area (Å²) in [5.41, 5.74) is 3.25. The summed E-state index contributed by atoms with van der Waals surface area (Å²) in [7, 11) is 0. The zero-order valence-electron chi connectivity index (χ0n) is 18.1. The second-order valence-corrected chi connectivity index (χ2v) is 7.65. The number of nitrogens with zero attached hydrogens (tertiary/aromatic N) is 1. The van der Waals surface area contributed by atoms with E-state index in [0.717, 1.165) is 16.7 Å². The molecule has 0 unspecified atom stereocenters. The Labute approximate surface area is 174 Å². The smallest absolute Gasteiger partial charge is 0.261 e. The van der Waals surface area contributed by atoms with E-state index in [1.165, 1.54) is 0 Å². The van der Waals surface area contributed by atoms with Crippen molar-refractivity contribution >= 4 is 11.8 Å². The maximum atomic E-state index is 13.0. The lowest BCUT2D eigenvalue weighted by atomic mass is 10.1. The third kappa shape index (κ3) is 6.63. The molecule has 1 atom stereocenters. The van der Waals surface area contributed by atoms with Crippen LogP contribution in [0.2, 0.25) is 0 Å². The quantitative estimate of drug-likeness (QED) is 0.704. The summed E-state index contributed by atoms with van der Waals surface area (Å²) >= 11 is 0. The first-order valence-electron chi connectivity index (χ1n) is 10.1. The van der Waals surface area contributed by atoms with Crippen molar-refractivity contribution in [2.45, 2.75) is 53.1 Å². The number of hydrogen-bond donors (Lipinski definition) is 1. The Morgan fingerprint density at radius 3 is 2.34 bits per heavy atom. The molecule has 0 bridgehead atoms. The average Bonchev–Trinajstić information content (AvgIpc) is 2.69. The van der Waals surface area contributed by atoms with Gasteiger partial charge in [-0.3, -0.25) is 9.59 Å². The average molecular weight is 397 g/mol. The first-order valence-corrected chi connectivity index (χ1v) is 10.1. The molecule has 0 fully saturated rings. The van der Waals surface area contributed by atoms with Crippen LogP contribution in [0.4, 0.5) is 0 Å². The van der Waals surface area contributed by atoms with Crippen molar-refractivity contribution in [1.29, 1.82) is 0 Å². The zero-order chi connectivity index (χ0) is 21.4. The fourth-order valence-corrected chi connectivity index (χ4v) is 3.08. The van der Waals surface area contributed by atoms with Crippen LogP contribution >= 0.6 is 0 Å². The highest BCUT2D eigenvalue weighted by molar-refractivity contribution is 5.88. The van der Waals surface area contributed by atoms with E-state index >= 15 is 0 Å². The molecule has 5 nitrogen and oxygen atoms in total. The van der Waals surface area contributed by atoms with Crippen LogP contribution in [0.5, 0.6) is 5.75 Å². The highest BCUT2D eigenvalue weighted by Gasteiger charge is 2.26. The monoisotopic (exact) mass is 396 g/mol. The normalized spacial score (nSPS) is 11.8. The number of aryl methyl sites for hydroxylation is 1. The number of nitrogens with one attached hydrogen (secondary N) is 1. The molecule has 0 aromatic heterocycles. The van der Waals surface area contributed by atoms with Gasteiger partial charge in [-0.25, -0.2) is 0 Å². The van der Waals surface area contributed by atoms with E-state index in [1.807, 2.05) is 76.2 Å². The van der Waals surface area contributed by atoms with Crippen LogP contribution in [0.15, 0.2) is 48.5 Å². The molecule has 1 N–H and O–H groups in total. The predicted octanol–water partition coefficient (Wildman–Crippen LogP) is 3.67. The minimum Gasteiger partial charge on any atom is -0.483 e. The third-order valence-electron chi connectivity index (χ3n) is 4.99. The molecule has 0 heterocycles. The molecule has 0 saturated carbocycles. The fraction of sp³-hybridized carbons (Fsp3) is 0.417. The summed E-state index contributed by atoms with van der Waals surface area (Å²) in [5, 5.41) is 2.89. The van der Waals surface area contributed by atoms with Crippen LogP contribution in [0.1, 0.15) is 37.5 Å². The molecular formula is C24H32N2O3. The lowest BCUT2D eigenvalue weighted by Gasteiger charge is -2.29. The van der Waals surface area contributed by atoms with E-state index in [-0.39, 0.29) is 24.5 Å². The number of rotatable bonds is 9. The van der Waals surface area contributed by atoms with Crippen LogP contribution in [0, 0.1) is 13.8 Å². The van der Waals surface area contributed by atoms with Crippen LogP contribution in [0.3, 0.4) is 0 Å². The van der Waals surface area contributed by atoms with Crippen molar-refractivity contribution in [3.8, 4) is 5.75 Å². The van der Waals surface area contributed by atoms with Crippen molar-refractivity contribution in [3.05, 3.63) is 65.2 Å². The Bertz CT molecular complexity index is 818. The Kier molecular flexibility index (Phi) is 8.25. The molecule has 2 rings (SSSR count). The van der Waals surface area contributed by atoms with E-state index in [1.54, 1.807) is 11.8 Å². The van der Waals surface area contributed by atoms with Gasteiger partial charge in [-0.2, -0.15) is 0 Å². The number of carbonyl (C=O) groups excluding carboxylic acids is 2. The molecule has 0 aliphatic rings. The Hall–Kier alpha value is -2.82. The lowest BCUT2D eigenvalue weighted by Crippen LogP contribution is -2.51. The van der Waals surface area contributed by atoms with Gasteiger partial charge in [0.25, 0.3) is 5.91 Å². The first-order chi connectivity index (χ1) is 13.8. The van der Waals surface area contributed by atoms with Crippen LogP contribution in [-0.4, -0.2) is 41.9 Å². The van der Waals surface area contributed by atoms with Crippen molar-refractivity contribution < 1.29 is 14.3 Å². The fourth-order valence-electron chi connectivity index (χ4n) is 3.08. The first kappa shape index (κ1) is 22.5. The van der Waals surface area contributed by atoms with Crippen molar-refractivity contribution in [3.63, 3.8) is 0 Å². The molecule has 0 spiro atoms. The van der Waals surface area contributed by atoms with Gasteiger partial charge in [-0.15, -0.1) is 0 Å². The number of benzene rings is 2. The standard InChI is InChI=1S/C24H32N2O3/c1-17(2)25-24(28)20(5)26(15-14-21-11-7-6-8-12-21)23(27)16-29-22-13-9-10-18(3)19(22)4/h6-13,17,20H,14-16H2,1-5H3,(H,25,28)/t20-/m0/s1. The Morgan fingerprint density at radius 1 is 1.00 bits per heavy atom. The van der Waals surface area contributed by atoms with E-state index in [4.69, 9.17) is 4.74 Å². The predicted molar refractivity (Wildman–Crippen MR) is 116 cm³/mol. The minimum atomic E-state index is -0.573. The number of amides is 2. The highest BCUT2D eigenvalue weighted by atomic mass is 16.5.